The molecule has 0 aliphatic carbocycles. The standard InChI is InChI=1S/C21H22O3.C18H19N3O3S.C17H19N3O3S2.C16H16ClN3O3S2.C16H17N3O3S2/c1-14(2)21-20(16-6-5-7-18(12-16)23-4)19(13-24-21)15-8-10-17(22-3)11-9-15;1-12(2)16-13-8-4-5-9-14(13)25(23,24)21(3)17(16)18(22)20-15-10-6-7-11-19-15;1-10(2)14-12-7-5-6-8-13(12)25(22,23)20(4)15(14)16(21)19-17-18-9-11(3)24-17;1-9(2)13-14(16(21)19-12-6-4-5-7-18-12)20(3)25(22,23)10-8-11(17)24-15(10)13;1-10(2)13-14(16(20)18-12-6-4-5-8-17-12)19(3)24(21,22)11-7-9-23-15(11)13/h5-14H,1-4H3;4-12H,1-3H3,(H,19,20,22);5-10H,1-4H3,(H,18,19,21);4-9H,1-3H3,(H,18,19,21);4-10H,1-3H3,(H,17,18,20). The normalized spacial score (nSPS) is 15.1. The first kappa shape index (κ1) is 92.1. The van der Waals surface area contributed by atoms with E-state index in [9.17, 15) is 52.8 Å². The lowest BCUT2D eigenvalue weighted by Gasteiger charge is -2.32. The number of thiophene rings is 2. The molecular formula is C88H93ClN12O15S7. The zero-order valence-corrected chi connectivity index (χ0v) is 76.8. The molecule has 27 nitrogen and oxygen atoms in total. The maximum Gasteiger partial charge on any atom is 0.275 e. The van der Waals surface area contributed by atoms with Gasteiger partial charge in [0.25, 0.3) is 63.7 Å². The van der Waals surface area contributed by atoms with Gasteiger partial charge in [-0.25, -0.2) is 53.6 Å². The van der Waals surface area contributed by atoms with Gasteiger partial charge in [0.2, 0.25) is 0 Å². The molecule has 0 fully saturated rings. The molecule has 35 heteroatoms. The second-order valence-corrected chi connectivity index (χ2v) is 41.2. The lowest BCUT2D eigenvalue weighted by molar-refractivity contribution is -0.114. The number of hydrogen-bond acceptors (Lipinski definition) is 22. The van der Waals surface area contributed by atoms with Crippen molar-refractivity contribution >= 4 is 154 Å². The van der Waals surface area contributed by atoms with E-state index >= 15 is 0 Å². The number of amides is 4. The van der Waals surface area contributed by atoms with Crippen LogP contribution in [0.1, 0.15) is 107 Å². The molecule has 0 radical (unpaired) electrons. The zero-order valence-electron chi connectivity index (χ0n) is 70.4. The number of methoxy groups -OCH3 is 2. The van der Waals surface area contributed by atoms with Crippen molar-refractivity contribution in [3.63, 3.8) is 0 Å². The number of anilines is 4. The number of nitrogens with zero attached hydrogens (tertiary/aromatic N) is 8. The van der Waals surface area contributed by atoms with E-state index in [-0.39, 0.29) is 72.0 Å². The highest BCUT2D eigenvalue weighted by atomic mass is 35.5. The number of allylic oxidation sites excluding steroid dienone is 4. The number of carbonyl (C=O) groups excluding carboxylic acids is 4. The summed E-state index contributed by atoms with van der Waals surface area (Å²) in [6, 6.07) is 48.1. The zero-order chi connectivity index (χ0) is 89.5. The SMILES string of the molecule is CC(C)C1=C(C(=O)Nc2ccccn2)N(C)S(=O)(=O)c2cc(Cl)sc21.CC(C)C1=C(C(=O)Nc2ccccn2)N(C)S(=O)(=O)c2ccccc21.CC(C)C1=C(C(=O)Nc2ccccn2)N(C)S(=O)(=O)c2ccsc21.COc1ccc(-c2coc(C(C)C)c2-c2cccc(OC)c2)cc1.Cc1cnc(NC(=O)C2=C(C(C)C)c3ccccc3S(=O)(=O)N2C)s1. The van der Waals surface area contributed by atoms with Gasteiger partial charge < -0.3 is 29.8 Å². The Hall–Kier alpha value is -11.6. The van der Waals surface area contributed by atoms with Crippen LogP contribution in [-0.2, 0) is 59.3 Å². The molecule has 7 aromatic heterocycles. The third-order valence-electron chi connectivity index (χ3n) is 19.8. The molecule has 644 valence electrons. The van der Waals surface area contributed by atoms with Gasteiger partial charge in [-0.05, 0) is 143 Å². The van der Waals surface area contributed by atoms with Crippen molar-refractivity contribution in [1.29, 1.82) is 0 Å². The number of halogens is 1. The Bertz CT molecular complexity index is 6420. The van der Waals surface area contributed by atoms with Crippen molar-refractivity contribution < 1.29 is 66.7 Å². The maximum absolute atomic E-state index is 12.9. The molecule has 15 rings (SSSR count). The number of benzene rings is 4. The Morgan fingerprint density at radius 3 is 1.24 bits per heavy atom. The monoisotopic (exact) mass is 1820 g/mol. The summed E-state index contributed by atoms with van der Waals surface area (Å²) in [4.78, 5) is 70.7. The number of likely N-dealkylation sites (N-methyl/N-ethyl adjacent to an activating group) is 4. The number of ether oxygens (including phenoxy) is 2. The van der Waals surface area contributed by atoms with E-state index < -0.39 is 63.7 Å². The summed E-state index contributed by atoms with van der Waals surface area (Å²) in [5.41, 5.74) is 8.82. The van der Waals surface area contributed by atoms with Crippen LogP contribution in [0.2, 0.25) is 4.34 Å². The predicted octanol–water partition coefficient (Wildman–Crippen LogP) is 17.8. The second kappa shape index (κ2) is 38.4. The molecule has 0 bridgehead atoms. The minimum atomic E-state index is -3.83. The van der Waals surface area contributed by atoms with Gasteiger partial charge in [0.15, 0.2) is 5.13 Å². The first-order valence-electron chi connectivity index (χ1n) is 38.6. The number of rotatable bonds is 17. The molecule has 11 heterocycles. The average molecular weight is 1820 g/mol. The minimum absolute atomic E-state index is 0.00941. The molecule has 0 saturated carbocycles. The number of aromatic nitrogens is 4. The number of sulfonamides is 4. The summed E-state index contributed by atoms with van der Waals surface area (Å²) in [5, 5.41) is 12.9. The van der Waals surface area contributed by atoms with Gasteiger partial charge in [-0.15, -0.1) is 34.0 Å². The smallest absolute Gasteiger partial charge is 0.275 e. The van der Waals surface area contributed by atoms with Crippen molar-refractivity contribution in [2.24, 2.45) is 23.7 Å². The van der Waals surface area contributed by atoms with Gasteiger partial charge in [0.05, 0.1) is 44.4 Å². The number of pyridine rings is 3. The highest BCUT2D eigenvalue weighted by molar-refractivity contribution is 7.90. The van der Waals surface area contributed by atoms with Gasteiger partial charge in [0, 0.05) is 97.2 Å². The summed E-state index contributed by atoms with van der Waals surface area (Å²) in [6.45, 7) is 21.6. The predicted molar refractivity (Wildman–Crippen MR) is 484 cm³/mol. The van der Waals surface area contributed by atoms with Crippen LogP contribution in [0, 0.1) is 30.6 Å². The first-order valence-corrected chi connectivity index (χ1v) is 47.2. The van der Waals surface area contributed by atoms with Crippen LogP contribution in [0.25, 0.3) is 44.5 Å². The molecule has 123 heavy (non-hydrogen) atoms. The van der Waals surface area contributed by atoms with E-state index in [4.69, 9.17) is 25.5 Å². The largest absolute Gasteiger partial charge is 0.497 e. The molecular weight excluding hydrogens is 1720 g/mol. The Morgan fingerprint density at radius 2 is 0.829 bits per heavy atom. The fourth-order valence-electron chi connectivity index (χ4n) is 14.0. The lowest BCUT2D eigenvalue weighted by atomic mass is 9.92. The van der Waals surface area contributed by atoms with Crippen molar-refractivity contribution in [2.45, 2.75) is 102 Å². The maximum atomic E-state index is 12.9. The van der Waals surface area contributed by atoms with E-state index in [2.05, 4.69) is 73.2 Å². The van der Waals surface area contributed by atoms with Crippen molar-refractivity contribution in [1.82, 2.24) is 37.2 Å². The Labute approximate surface area is 734 Å². The van der Waals surface area contributed by atoms with Gasteiger partial charge in [-0.1, -0.05) is 160 Å². The molecule has 0 unspecified atom stereocenters. The molecule has 0 atom stereocenters. The Kier molecular flexibility index (Phi) is 28.8. The second-order valence-electron chi connectivity index (χ2n) is 29.6. The fraction of sp³-hybridized carbons (Fsp3) is 0.250. The lowest BCUT2D eigenvalue weighted by Crippen LogP contribution is -2.38. The molecule has 4 aliphatic heterocycles. The van der Waals surface area contributed by atoms with E-state index in [0.717, 1.165) is 78.5 Å². The van der Waals surface area contributed by atoms with Crippen LogP contribution in [0.4, 0.5) is 22.6 Å². The molecule has 4 N–H and O–H groups in total. The van der Waals surface area contributed by atoms with Crippen molar-refractivity contribution in [2.75, 3.05) is 63.7 Å². The molecule has 4 aromatic carbocycles. The van der Waals surface area contributed by atoms with Gasteiger partial charge >= 0.3 is 0 Å². The van der Waals surface area contributed by atoms with Gasteiger partial charge in [-0.2, -0.15) is 0 Å². The van der Waals surface area contributed by atoms with Crippen LogP contribution >= 0.6 is 45.6 Å². The van der Waals surface area contributed by atoms with Crippen LogP contribution in [0.3, 0.4) is 0 Å². The summed E-state index contributed by atoms with van der Waals surface area (Å²) >= 11 is 9.90. The number of carbonyl (C=O) groups is 4. The number of furan rings is 1. The van der Waals surface area contributed by atoms with Crippen LogP contribution in [0.15, 0.2) is 247 Å². The summed E-state index contributed by atoms with van der Waals surface area (Å²) < 4.78 is 123. The topological polar surface area (TPSA) is 349 Å². The third kappa shape index (κ3) is 19.4. The van der Waals surface area contributed by atoms with Crippen molar-refractivity contribution in [3.8, 4) is 33.8 Å². The Morgan fingerprint density at radius 1 is 0.415 bits per heavy atom. The van der Waals surface area contributed by atoms with E-state index in [1.54, 1.807) is 154 Å². The number of nitrogens with one attached hydrogen (secondary N) is 4. The van der Waals surface area contributed by atoms with E-state index in [1.807, 2.05) is 98.9 Å². The number of thiazole rings is 1. The van der Waals surface area contributed by atoms with Crippen LogP contribution < -0.4 is 30.7 Å². The first-order chi connectivity index (χ1) is 58.3. The fourth-order valence-corrected chi connectivity index (χ4v) is 23.6. The number of fused-ring (bicyclic) bond motifs is 4. The third-order valence-corrected chi connectivity index (χ3v) is 30.4. The summed E-state index contributed by atoms with van der Waals surface area (Å²) in [7, 11) is -6.15. The van der Waals surface area contributed by atoms with E-state index in [0.29, 0.717) is 64.5 Å². The van der Waals surface area contributed by atoms with Gasteiger partial charge in [0.1, 0.15) is 67.3 Å². The Balaban J connectivity index is 0.000000150. The summed E-state index contributed by atoms with van der Waals surface area (Å²) in [5.74, 6) is 1.91. The van der Waals surface area contributed by atoms with E-state index in [1.165, 1.54) is 56.9 Å². The molecule has 0 spiro atoms. The highest BCUT2D eigenvalue weighted by Crippen LogP contribution is 2.49. The molecule has 4 amide bonds. The summed E-state index contributed by atoms with van der Waals surface area (Å²) in [6.07, 6.45) is 8.17. The minimum Gasteiger partial charge on any atom is -0.497 e. The molecule has 11 aromatic rings. The van der Waals surface area contributed by atoms with Crippen molar-refractivity contribution in [3.05, 3.63) is 259 Å². The number of aryl methyl sites for hydroxylation is 1. The average Bonchev–Trinajstić information content (AvgIpc) is 1.48. The number of hydrogen-bond donors (Lipinski definition) is 4. The molecule has 4 aliphatic rings. The molecule has 0 saturated heterocycles. The van der Waals surface area contributed by atoms with Gasteiger partial charge in [-0.3, -0.25) is 41.7 Å². The highest BCUT2D eigenvalue weighted by Gasteiger charge is 2.44. The quantitative estimate of drug-likeness (QED) is 0.0658. The van der Waals surface area contributed by atoms with Crippen LogP contribution in [0.5, 0.6) is 11.5 Å². The van der Waals surface area contributed by atoms with Crippen LogP contribution in [-0.4, -0.2) is 137 Å².